The van der Waals surface area contributed by atoms with Crippen molar-refractivity contribution >= 4 is 0 Å². The van der Waals surface area contributed by atoms with Gasteiger partial charge < -0.3 is 10.6 Å². The van der Waals surface area contributed by atoms with E-state index in [1.54, 1.807) is 0 Å². The lowest BCUT2D eigenvalue weighted by molar-refractivity contribution is -0.0253. The van der Waals surface area contributed by atoms with E-state index in [0.29, 0.717) is 11.6 Å². The van der Waals surface area contributed by atoms with Gasteiger partial charge in [0.05, 0.1) is 0 Å². The number of hydrogen-bond acceptors (Lipinski definition) is 3. The summed E-state index contributed by atoms with van der Waals surface area (Å²) in [6, 6.07) is 0.693. The molecule has 1 saturated carbocycles. The van der Waals surface area contributed by atoms with E-state index < -0.39 is 0 Å². The number of hydrogen-bond donors (Lipinski definition) is 1. The van der Waals surface area contributed by atoms with Crippen LogP contribution in [0.2, 0.25) is 0 Å². The lowest BCUT2D eigenvalue weighted by Crippen LogP contribution is -2.63. The Morgan fingerprint density at radius 3 is 2.55 bits per heavy atom. The summed E-state index contributed by atoms with van der Waals surface area (Å²) < 4.78 is 0. The fraction of sp³-hybridized carbons (Fsp3) is 1.00. The maximum absolute atomic E-state index is 6.38. The average molecular weight is 281 g/mol. The summed E-state index contributed by atoms with van der Waals surface area (Å²) in [4.78, 5) is 5.37. The first kappa shape index (κ1) is 16.3. The molecule has 1 aliphatic heterocycles. The van der Waals surface area contributed by atoms with Crippen molar-refractivity contribution in [2.24, 2.45) is 11.7 Å². The Hall–Kier alpha value is -0.120. The molecule has 20 heavy (non-hydrogen) atoms. The van der Waals surface area contributed by atoms with Crippen LogP contribution in [0.4, 0.5) is 0 Å². The molecule has 1 heterocycles. The highest BCUT2D eigenvalue weighted by Crippen LogP contribution is 2.41. The van der Waals surface area contributed by atoms with Crippen LogP contribution in [0, 0.1) is 5.92 Å². The molecule has 2 rings (SSSR count). The van der Waals surface area contributed by atoms with E-state index in [-0.39, 0.29) is 0 Å². The summed E-state index contributed by atoms with van der Waals surface area (Å²) in [7, 11) is 2.28. The molecule has 1 aliphatic carbocycles. The molecule has 3 unspecified atom stereocenters. The quantitative estimate of drug-likeness (QED) is 0.860. The zero-order valence-electron chi connectivity index (χ0n) is 13.9. The zero-order chi connectivity index (χ0) is 14.6. The Bertz CT molecular complexity index is 294. The van der Waals surface area contributed by atoms with Crippen molar-refractivity contribution < 1.29 is 0 Å². The van der Waals surface area contributed by atoms with Crippen LogP contribution in [-0.2, 0) is 0 Å². The molecule has 1 saturated heterocycles. The minimum absolute atomic E-state index is 0.291. The molecule has 0 amide bonds. The van der Waals surface area contributed by atoms with Gasteiger partial charge in [-0.15, -0.1) is 0 Å². The molecule has 3 atom stereocenters. The summed E-state index contributed by atoms with van der Waals surface area (Å²) in [5.41, 5.74) is 6.67. The van der Waals surface area contributed by atoms with Gasteiger partial charge in [-0.25, -0.2) is 0 Å². The van der Waals surface area contributed by atoms with Crippen molar-refractivity contribution in [1.82, 2.24) is 9.80 Å². The third-order valence-corrected chi connectivity index (χ3v) is 5.96. The molecule has 3 nitrogen and oxygen atoms in total. The molecule has 3 heteroatoms. The monoisotopic (exact) mass is 281 g/mol. The minimum Gasteiger partial charge on any atom is -0.329 e. The first-order chi connectivity index (χ1) is 9.67. The van der Waals surface area contributed by atoms with E-state index in [1.165, 1.54) is 64.6 Å². The third kappa shape index (κ3) is 3.05. The van der Waals surface area contributed by atoms with E-state index in [0.717, 1.165) is 12.5 Å². The van der Waals surface area contributed by atoms with Crippen LogP contribution >= 0.6 is 0 Å². The molecule has 0 aromatic carbocycles. The molecule has 0 aromatic rings. The molecule has 0 spiro atoms. The van der Waals surface area contributed by atoms with Crippen LogP contribution in [0.3, 0.4) is 0 Å². The van der Waals surface area contributed by atoms with Gasteiger partial charge in [-0.3, -0.25) is 4.90 Å². The van der Waals surface area contributed by atoms with Crippen molar-refractivity contribution in [2.75, 3.05) is 33.2 Å². The largest absolute Gasteiger partial charge is 0.329 e. The van der Waals surface area contributed by atoms with Gasteiger partial charge >= 0.3 is 0 Å². The average Bonchev–Trinajstić information content (AvgIpc) is 2.68. The number of likely N-dealkylation sites (N-methyl/N-ethyl adjacent to an activating group) is 1. The third-order valence-electron chi connectivity index (χ3n) is 5.96. The zero-order valence-corrected chi connectivity index (χ0v) is 13.9. The summed E-state index contributed by atoms with van der Waals surface area (Å²) in [5.74, 6) is 0.804. The molecule has 0 bridgehead atoms. The van der Waals surface area contributed by atoms with E-state index >= 15 is 0 Å². The topological polar surface area (TPSA) is 32.5 Å². The molecule has 118 valence electrons. The van der Waals surface area contributed by atoms with Crippen LogP contribution in [-0.4, -0.2) is 54.6 Å². The van der Waals surface area contributed by atoms with Gasteiger partial charge in [-0.1, -0.05) is 33.1 Å². The maximum atomic E-state index is 6.38. The highest BCUT2D eigenvalue weighted by molar-refractivity contribution is 5.02. The molecule has 0 radical (unpaired) electrons. The number of nitrogens with zero attached hydrogens (tertiary/aromatic N) is 2. The maximum Gasteiger partial charge on any atom is 0.0363 e. The van der Waals surface area contributed by atoms with Gasteiger partial charge in [0.25, 0.3) is 0 Å². The Balaban J connectivity index is 2.26. The normalized spacial score (nSPS) is 37.8. The summed E-state index contributed by atoms with van der Waals surface area (Å²) in [5, 5.41) is 0. The van der Waals surface area contributed by atoms with Crippen molar-refractivity contribution in [3.05, 3.63) is 0 Å². The predicted molar refractivity (Wildman–Crippen MR) is 86.9 cm³/mol. The van der Waals surface area contributed by atoms with E-state index in [4.69, 9.17) is 5.73 Å². The van der Waals surface area contributed by atoms with E-state index in [1.807, 2.05) is 0 Å². The van der Waals surface area contributed by atoms with Crippen LogP contribution in [0.1, 0.15) is 58.8 Å². The Kier molecular flexibility index (Phi) is 5.88. The Morgan fingerprint density at radius 1 is 1.10 bits per heavy atom. The van der Waals surface area contributed by atoms with Gasteiger partial charge in [-0.2, -0.15) is 0 Å². The smallest absolute Gasteiger partial charge is 0.0363 e. The fourth-order valence-corrected chi connectivity index (χ4v) is 4.82. The number of nitrogens with two attached hydrogens (primary N) is 1. The van der Waals surface area contributed by atoms with E-state index in [2.05, 4.69) is 30.7 Å². The van der Waals surface area contributed by atoms with Crippen LogP contribution in [0.5, 0.6) is 0 Å². The van der Waals surface area contributed by atoms with Gasteiger partial charge in [0, 0.05) is 31.2 Å². The number of rotatable bonds is 4. The lowest BCUT2D eigenvalue weighted by atomic mass is 9.69. The van der Waals surface area contributed by atoms with Crippen LogP contribution in [0.15, 0.2) is 0 Å². The minimum atomic E-state index is 0.291. The van der Waals surface area contributed by atoms with Gasteiger partial charge in [0.1, 0.15) is 0 Å². The van der Waals surface area contributed by atoms with Crippen molar-refractivity contribution in [1.29, 1.82) is 0 Å². The second-order valence-electron chi connectivity index (χ2n) is 7.03. The lowest BCUT2D eigenvalue weighted by Gasteiger charge is -2.53. The van der Waals surface area contributed by atoms with Crippen molar-refractivity contribution in [3.8, 4) is 0 Å². The van der Waals surface area contributed by atoms with Gasteiger partial charge in [0.15, 0.2) is 0 Å². The Morgan fingerprint density at radius 2 is 1.90 bits per heavy atom. The standard InChI is InChI=1S/C17H35N3/c1-4-15-9-6-7-10-17(15,14-18)20-12-8-11-19(3)13-16(20)5-2/h15-16H,4-14,18H2,1-3H3. The van der Waals surface area contributed by atoms with Gasteiger partial charge in [0.2, 0.25) is 0 Å². The highest BCUT2D eigenvalue weighted by Gasteiger charge is 2.45. The highest BCUT2D eigenvalue weighted by atomic mass is 15.3. The SMILES string of the molecule is CCC1CN(C)CCCN1C1(CN)CCCCC1CC. The summed E-state index contributed by atoms with van der Waals surface area (Å²) in [6.07, 6.45) is 9.33. The molecular formula is C17H35N3. The van der Waals surface area contributed by atoms with Crippen molar-refractivity contribution in [3.63, 3.8) is 0 Å². The fourth-order valence-electron chi connectivity index (χ4n) is 4.82. The molecular weight excluding hydrogens is 246 g/mol. The van der Waals surface area contributed by atoms with Gasteiger partial charge in [-0.05, 0) is 45.2 Å². The first-order valence-corrected chi connectivity index (χ1v) is 8.83. The van der Waals surface area contributed by atoms with Crippen molar-refractivity contribution in [2.45, 2.75) is 70.4 Å². The Labute approximate surface area is 125 Å². The second kappa shape index (κ2) is 7.24. The molecule has 2 aliphatic rings. The summed E-state index contributed by atoms with van der Waals surface area (Å²) in [6.45, 7) is 9.28. The first-order valence-electron chi connectivity index (χ1n) is 8.83. The molecule has 2 fully saturated rings. The second-order valence-corrected chi connectivity index (χ2v) is 7.03. The van der Waals surface area contributed by atoms with E-state index in [9.17, 15) is 0 Å². The molecule has 2 N–H and O–H groups in total. The van der Waals surface area contributed by atoms with Crippen LogP contribution < -0.4 is 5.73 Å². The predicted octanol–water partition coefficient (Wildman–Crippen LogP) is 2.70. The van der Waals surface area contributed by atoms with Crippen LogP contribution in [0.25, 0.3) is 0 Å². The summed E-state index contributed by atoms with van der Waals surface area (Å²) >= 11 is 0. The molecule has 0 aromatic heterocycles.